The summed E-state index contributed by atoms with van der Waals surface area (Å²) < 4.78 is 25.4. The van der Waals surface area contributed by atoms with Crippen LogP contribution in [-0.2, 0) is 39.9 Å². The summed E-state index contributed by atoms with van der Waals surface area (Å²) in [6.07, 6.45) is 0. The molecule has 0 aromatic heterocycles. The lowest BCUT2D eigenvalue weighted by molar-refractivity contribution is -0.151. The molecule has 25 heavy (non-hydrogen) atoms. The molecule has 1 rings (SSSR count). The molecule has 0 bridgehead atoms. The smallest absolute Gasteiger partial charge is 0.332 e. The maximum Gasteiger partial charge on any atom is 0.332 e. The van der Waals surface area contributed by atoms with Gasteiger partial charge in [-0.05, 0) is 5.56 Å². The molecular formula is C17H24O8. The van der Waals surface area contributed by atoms with E-state index in [-0.39, 0.29) is 33.0 Å². The summed E-state index contributed by atoms with van der Waals surface area (Å²) >= 11 is 0. The van der Waals surface area contributed by atoms with Crippen molar-refractivity contribution in [2.45, 2.75) is 6.61 Å². The highest BCUT2D eigenvalue weighted by molar-refractivity contribution is 5.70. The number of benzene rings is 1. The standard InChI is InChI=1S/C17H24O8/c18-16(19)13-23-10-8-21-6-7-22-9-11-24-14-17(20)25-12-15-4-2-1-3-5-15/h1-5H,6-14H2,(H,18,19). The number of ether oxygens (including phenoxy) is 5. The van der Waals surface area contributed by atoms with Crippen LogP contribution in [-0.4, -0.2) is 69.9 Å². The van der Waals surface area contributed by atoms with Gasteiger partial charge in [0.2, 0.25) is 0 Å². The van der Waals surface area contributed by atoms with E-state index in [0.717, 1.165) is 5.56 Å². The van der Waals surface area contributed by atoms with Crippen molar-refractivity contribution >= 4 is 11.9 Å². The van der Waals surface area contributed by atoms with E-state index in [1.54, 1.807) is 0 Å². The average molecular weight is 356 g/mol. The lowest BCUT2D eigenvalue weighted by Crippen LogP contribution is -2.16. The largest absolute Gasteiger partial charge is 0.480 e. The topological polar surface area (TPSA) is 101 Å². The fourth-order valence-corrected chi connectivity index (χ4v) is 1.65. The van der Waals surface area contributed by atoms with Crippen molar-refractivity contribution in [3.63, 3.8) is 0 Å². The maximum absolute atomic E-state index is 11.5. The predicted molar refractivity (Wildman–Crippen MR) is 87.1 cm³/mol. The normalized spacial score (nSPS) is 10.6. The third-order valence-corrected chi connectivity index (χ3v) is 2.80. The molecule has 0 saturated heterocycles. The first-order valence-electron chi connectivity index (χ1n) is 7.91. The summed E-state index contributed by atoms with van der Waals surface area (Å²) in [4.78, 5) is 21.6. The zero-order valence-electron chi connectivity index (χ0n) is 14.1. The number of carboxylic acid groups (broad SMARTS) is 1. The van der Waals surface area contributed by atoms with Crippen LogP contribution in [0, 0.1) is 0 Å². The van der Waals surface area contributed by atoms with Gasteiger partial charge >= 0.3 is 11.9 Å². The van der Waals surface area contributed by atoms with Crippen LogP contribution >= 0.6 is 0 Å². The Morgan fingerprint density at radius 3 is 1.84 bits per heavy atom. The highest BCUT2D eigenvalue weighted by Gasteiger charge is 2.03. The van der Waals surface area contributed by atoms with Gasteiger partial charge in [0.15, 0.2) is 0 Å². The summed E-state index contributed by atoms with van der Waals surface area (Å²) in [5.74, 6) is -1.43. The quantitative estimate of drug-likeness (QED) is 0.365. The van der Waals surface area contributed by atoms with Gasteiger partial charge in [-0.1, -0.05) is 30.3 Å². The molecule has 0 aliphatic heterocycles. The molecule has 0 spiro atoms. The van der Waals surface area contributed by atoms with E-state index in [2.05, 4.69) is 0 Å². The summed E-state index contributed by atoms with van der Waals surface area (Å²) in [6.45, 7) is 1.68. The fourth-order valence-electron chi connectivity index (χ4n) is 1.65. The second-order valence-corrected chi connectivity index (χ2v) is 4.87. The van der Waals surface area contributed by atoms with Gasteiger partial charge in [-0.3, -0.25) is 0 Å². The summed E-state index contributed by atoms with van der Waals surface area (Å²) in [5, 5.41) is 8.35. The first-order valence-corrected chi connectivity index (χ1v) is 7.91. The molecule has 0 fully saturated rings. The van der Waals surface area contributed by atoms with E-state index in [9.17, 15) is 9.59 Å². The Bertz CT molecular complexity index is 477. The number of carboxylic acids is 1. The Kier molecular flexibility index (Phi) is 12.1. The molecule has 8 nitrogen and oxygen atoms in total. The molecule has 1 aromatic rings. The molecule has 0 amide bonds. The van der Waals surface area contributed by atoms with Crippen LogP contribution in [0.1, 0.15) is 5.56 Å². The third-order valence-electron chi connectivity index (χ3n) is 2.80. The molecule has 8 heteroatoms. The van der Waals surface area contributed by atoms with E-state index in [1.807, 2.05) is 30.3 Å². The SMILES string of the molecule is O=C(O)COCCOCCOCCOCC(=O)OCc1ccccc1. The molecule has 0 heterocycles. The highest BCUT2D eigenvalue weighted by atomic mass is 16.6. The second-order valence-electron chi connectivity index (χ2n) is 4.87. The van der Waals surface area contributed by atoms with Gasteiger partial charge < -0.3 is 28.8 Å². The minimum absolute atomic E-state index is 0.117. The van der Waals surface area contributed by atoms with Gasteiger partial charge in [-0.2, -0.15) is 0 Å². The molecular weight excluding hydrogens is 332 g/mol. The molecule has 140 valence electrons. The number of rotatable bonds is 15. The zero-order valence-corrected chi connectivity index (χ0v) is 14.1. The Labute approximate surface area is 146 Å². The molecule has 1 aromatic carbocycles. The van der Waals surface area contributed by atoms with Gasteiger partial charge in [0, 0.05) is 0 Å². The molecule has 0 unspecified atom stereocenters. The van der Waals surface area contributed by atoms with Crippen LogP contribution in [0.3, 0.4) is 0 Å². The average Bonchev–Trinajstić information content (AvgIpc) is 2.61. The minimum Gasteiger partial charge on any atom is -0.480 e. The number of hydrogen-bond donors (Lipinski definition) is 1. The zero-order chi connectivity index (χ0) is 18.2. The van der Waals surface area contributed by atoms with Crippen molar-refractivity contribution in [3.8, 4) is 0 Å². The van der Waals surface area contributed by atoms with Gasteiger partial charge in [0.25, 0.3) is 0 Å². The van der Waals surface area contributed by atoms with Crippen LogP contribution in [0.25, 0.3) is 0 Å². The number of hydrogen-bond acceptors (Lipinski definition) is 7. The van der Waals surface area contributed by atoms with Gasteiger partial charge in [0.05, 0.1) is 39.6 Å². The van der Waals surface area contributed by atoms with Crippen molar-refractivity contribution < 1.29 is 38.4 Å². The van der Waals surface area contributed by atoms with Gasteiger partial charge in [-0.15, -0.1) is 0 Å². The first-order chi connectivity index (χ1) is 12.2. The Balaban J connectivity index is 1.82. The van der Waals surface area contributed by atoms with Crippen molar-refractivity contribution in [3.05, 3.63) is 35.9 Å². The van der Waals surface area contributed by atoms with Crippen molar-refractivity contribution in [2.75, 3.05) is 52.9 Å². The first kappa shape index (κ1) is 21.0. The Hall–Kier alpha value is -2.00. The van der Waals surface area contributed by atoms with E-state index in [0.29, 0.717) is 26.4 Å². The van der Waals surface area contributed by atoms with Crippen LogP contribution in [0.4, 0.5) is 0 Å². The van der Waals surface area contributed by atoms with E-state index >= 15 is 0 Å². The summed E-state index contributed by atoms with van der Waals surface area (Å²) in [6, 6.07) is 9.41. The molecule has 1 N–H and O–H groups in total. The Morgan fingerprint density at radius 2 is 1.28 bits per heavy atom. The fraction of sp³-hybridized carbons (Fsp3) is 0.529. The lowest BCUT2D eigenvalue weighted by Gasteiger charge is -2.07. The van der Waals surface area contributed by atoms with Gasteiger partial charge in [0.1, 0.15) is 19.8 Å². The van der Waals surface area contributed by atoms with E-state index in [1.165, 1.54) is 0 Å². The van der Waals surface area contributed by atoms with Crippen LogP contribution in [0.2, 0.25) is 0 Å². The molecule has 0 saturated carbocycles. The lowest BCUT2D eigenvalue weighted by atomic mass is 10.2. The predicted octanol–water partition coefficient (Wildman–Crippen LogP) is 0.881. The van der Waals surface area contributed by atoms with Crippen LogP contribution < -0.4 is 0 Å². The number of esters is 1. The molecule has 0 aliphatic rings. The number of carbonyl (C=O) groups is 2. The van der Waals surface area contributed by atoms with Crippen LogP contribution in [0.5, 0.6) is 0 Å². The minimum atomic E-state index is -1.01. The maximum atomic E-state index is 11.5. The monoisotopic (exact) mass is 356 g/mol. The van der Waals surface area contributed by atoms with Crippen molar-refractivity contribution in [1.29, 1.82) is 0 Å². The van der Waals surface area contributed by atoms with E-state index in [4.69, 9.17) is 28.8 Å². The van der Waals surface area contributed by atoms with Crippen molar-refractivity contribution in [1.82, 2.24) is 0 Å². The number of carbonyl (C=O) groups excluding carboxylic acids is 1. The Morgan fingerprint density at radius 1 is 0.760 bits per heavy atom. The number of aliphatic carboxylic acids is 1. The molecule has 0 radical (unpaired) electrons. The van der Waals surface area contributed by atoms with Crippen molar-refractivity contribution in [2.24, 2.45) is 0 Å². The molecule has 0 aliphatic carbocycles. The summed E-state index contributed by atoms with van der Waals surface area (Å²) in [5.41, 5.74) is 0.924. The highest BCUT2D eigenvalue weighted by Crippen LogP contribution is 2.00. The second kappa shape index (κ2) is 14.4. The molecule has 0 atom stereocenters. The van der Waals surface area contributed by atoms with Gasteiger partial charge in [-0.25, -0.2) is 9.59 Å². The third kappa shape index (κ3) is 13.0. The summed E-state index contributed by atoms with van der Waals surface area (Å²) in [7, 11) is 0. The van der Waals surface area contributed by atoms with E-state index < -0.39 is 11.9 Å². The van der Waals surface area contributed by atoms with Crippen LogP contribution in [0.15, 0.2) is 30.3 Å².